The lowest BCUT2D eigenvalue weighted by Gasteiger charge is -2.07. The molecule has 0 amide bonds. The van der Waals surface area contributed by atoms with Crippen molar-refractivity contribution >= 4 is 17.5 Å². The number of hydrogen-bond acceptors (Lipinski definition) is 2. The van der Waals surface area contributed by atoms with Gasteiger partial charge in [0.25, 0.3) is 0 Å². The van der Waals surface area contributed by atoms with Gasteiger partial charge in [-0.2, -0.15) is 0 Å². The lowest BCUT2D eigenvalue weighted by molar-refractivity contribution is -0.119. The Balaban J connectivity index is 2.53. The van der Waals surface area contributed by atoms with Crippen LogP contribution in [-0.2, 0) is 4.79 Å². The van der Waals surface area contributed by atoms with E-state index in [0.29, 0.717) is 17.5 Å². The summed E-state index contributed by atoms with van der Waals surface area (Å²) < 4.78 is 0. The second kappa shape index (κ2) is 6.09. The molecule has 0 spiro atoms. The highest BCUT2D eigenvalue weighted by atomic mass is 32.2. The van der Waals surface area contributed by atoms with Gasteiger partial charge in [0, 0.05) is 10.8 Å². The molecule has 0 aliphatic carbocycles. The van der Waals surface area contributed by atoms with Crippen molar-refractivity contribution in [2.75, 3.05) is 5.75 Å². The summed E-state index contributed by atoms with van der Waals surface area (Å²) in [7, 11) is 0. The normalized spacial score (nSPS) is 11.1. The van der Waals surface area contributed by atoms with Gasteiger partial charge in [-0.3, -0.25) is 4.79 Å². The number of rotatable bonds is 5. The fourth-order valence-electron chi connectivity index (χ4n) is 1.27. The van der Waals surface area contributed by atoms with Crippen LogP contribution in [0.1, 0.15) is 39.2 Å². The molecule has 1 aromatic rings. The van der Waals surface area contributed by atoms with E-state index in [9.17, 15) is 4.79 Å². The van der Waals surface area contributed by atoms with E-state index in [-0.39, 0.29) is 5.92 Å². The van der Waals surface area contributed by atoms with Gasteiger partial charge in [0.15, 0.2) is 0 Å². The highest BCUT2D eigenvalue weighted by molar-refractivity contribution is 8.00. The SMILES string of the molecule is CC(C)C(=O)CSc1ccc(C(C)C)cc1. The maximum Gasteiger partial charge on any atom is 0.145 e. The van der Waals surface area contributed by atoms with Crippen molar-refractivity contribution in [2.24, 2.45) is 5.92 Å². The van der Waals surface area contributed by atoms with Gasteiger partial charge in [-0.15, -0.1) is 11.8 Å². The first kappa shape index (κ1) is 13.3. The molecular weight excluding hydrogens is 216 g/mol. The zero-order valence-electron chi connectivity index (χ0n) is 10.5. The van der Waals surface area contributed by atoms with E-state index in [0.717, 1.165) is 0 Å². The number of carbonyl (C=O) groups excluding carboxylic acids is 1. The van der Waals surface area contributed by atoms with Crippen LogP contribution in [0.4, 0.5) is 0 Å². The average molecular weight is 236 g/mol. The Labute approximate surface area is 103 Å². The van der Waals surface area contributed by atoms with Crippen molar-refractivity contribution in [1.82, 2.24) is 0 Å². The molecule has 1 rings (SSSR count). The van der Waals surface area contributed by atoms with Crippen LogP contribution in [0.15, 0.2) is 29.2 Å². The summed E-state index contributed by atoms with van der Waals surface area (Å²) in [6, 6.07) is 8.50. The van der Waals surface area contributed by atoms with Crippen LogP contribution in [-0.4, -0.2) is 11.5 Å². The maximum absolute atomic E-state index is 11.5. The first-order valence-electron chi connectivity index (χ1n) is 5.76. The van der Waals surface area contributed by atoms with Gasteiger partial charge in [-0.25, -0.2) is 0 Å². The second-order valence-corrected chi connectivity index (χ2v) is 5.68. The molecule has 0 aliphatic heterocycles. The van der Waals surface area contributed by atoms with E-state index >= 15 is 0 Å². The number of Topliss-reactive ketones (excluding diaryl/α,β-unsaturated/α-hetero) is 1. The number of benzene rings is 1. The molecule has 0 aromatic heterocycles. The van der Waals surface area contributed by atoms with Crippen molar-refractivity contribution in [2.45, 2.75) is 38.5 Å². The number of ketones is 1. The summed E-state index contributed by atoms with van der Waals surface area (Å²) in [5, 5.41) is 0. The van der Waals surface area contributed by atoms with Crippen molar-refractivity contribution in [3.63, 3.8) is 0 Å². The summed E-state index contributed by atoms with van der Waals surface area (Å²) in [5.41, 5.74) is 1.35. The molecule has 0 radical (unpaired) electrons. The van der Waals surface area contributed by atoms with Gasteiger partial charge in [-0.05, 0) is 23.6 Å². The molecule has 0 fully saturated rings. The first-order valence-corrected chi connectivity index (χ1v) is 6.74. The molecule has 88 valence electrons. The minimum absolute atomic E-state index is 0.141. The fourth-order valence-corrected chi connectivity index (χ4v) is 2.24. The molecule has 1 nitrogen and oxygen atoms in total. The summed E-state index contributed by atoms with van der Waals surface area (Å²) in [5.74, 6) is 1.61. The van der Waals surface area contributed by atoms with E-state index in [1.807, 2.05) is 13.8 Å². The summed E-state index contributed by atoms with van der Waals surface area (Å²) in [6.07, 6.45) is 0. The molecule has 2 heteroatoms. The zero-order chi connectivity index (χ0) is 12.1. The summed E-state index contributed by atoms with van der Waals surface area (Å²) in [4.78, 5) is 12.6. The Morgan fingerprint density at radius 3 is 2.12 bits per heavy atom. The third-order valence-electron chi connectivity index (χ3n) is 2.57. The van der Waals surface area contributed by atoms with Crippen molar-refractivity contribution in [1.29, 1.82) is 0 Å². The smallest absolute Gasteiger partial charge is 0.145 e. The number of thioether (sulfide) groups is 1. The Morgan fingerprint density at radius 2 is 1.69 bits per heavy atom. The van der Waals surface area contributed by atoms with Gasteiger partial charge in [0.1, 0.15) is 5.78 Å². The number of carbonyl (C=O) groups is 1. The summed E-state index contributed by atoms with van der Waals surface area (Å²) in [6.45, 7) is 8.27. The standard InChI is InChI=1S/C14H20OS/c1-10(2)12-5-7-13(8-6-12)16-9-14(15)11(3)4/h5-8,10-11H,9H2,1-4H3. The molecule has 0 N–H and O–H groups in total. The highest BCUT2D eigenvalue weighted by Gasteiger charge is 2.07. The highest BCUT2D eigenvalue weighted by Crippen LogP contribution is 2.22. The van der Waals surface area contributed by atoms with Gasteiger partial charge in [0.05, 0.1) is 5.75 Å². The molecule has 0 heterocycles. The van der Waals surface area contributed by atoms with E-state index < -0.39 is 0 Å². The van der Waals surface area contributed by atoms with Gasteiger partial charge in [-0.1, -0.05) is 39.8 Å². The van der Waals surface area contributed by atoms with Crippen molar-refractivity contribution in [3.05, 3.63) is 29.8 Å². The average Bonchev–Trinajstić information content (AvgIpc) is 2.26. The molecule has 0 aliphatic rings. The Kier molecular flexibility index (Phi) is 5.07. The fraction of sp³-hybridized carbons (Fsp3) is 0.500. The van der Waals surface area contributed by atoms with Gasteiger partial charge >= 0.3 is 0 Å². The molecular formula is C14H20OS. The lowest BCUT2D eigenvalue weighted by atomic mass is 10.0. The Morgan fingerprint density at radius 1 is 1.12 bits per heavy atom. The predicted molar refractivity (Wildman–Crippen MR) is 71.1 cm³/mol. The van der Waals surface area contributed by atoms with Gasteiger partial charge in [0.2, 0.25) is 0 Å². The van der Waals surface area contributed by atoms with E-state index in [1.54, 1.807) is 11.8 Å². The molecule has 0 saturated carbocycles. The zero-order valence-corrected chi connectivity index (χ0v) is 11.3. The van der Waals surface area contributed by atoms with Crippen molar-refractivity contribution in [3.8, 4) is 0 Å². The van der Waals surface area contributed by atoms with Crippen LogP contribution in [0.25, 0.3) is 0 Å². The van der Waals surface area contributed by atoms with Crippen LogP contribution in [0.3, 0.4) is 0 Å². The van der Waals surface area contributed by atoms with Gasteiger partial charge < -0.3 is 0 Å². The third kappa shape index (κ3) is 4.01. The minimum atomic E-state index is 0.141. The van der Waals surface area contributed by atoms with Crippen LogP contribution in [0, 0.1) is 5.92 Å². The topological polar surface area (TPSA) is 17.1 Å². The molecule has 0 atom stereocenters. The molecule has 0 bridgehead atoms. The minimum Gasteiger partial charge on any atom is -0.298 e. The molecule has 1 aromatic carbocycles. The van der Waals surface area contributed by atoms with Crippen LogP contribution >= 0.6 is 11.8 Å². The van der Waals surface area contributed by atoms with Crippen LogP contribution in [0.5, 0.6) is 0 Å². The molecule has 0 unspecified atom stereocenters. The van der Waals surface area contributed by atoms with E-state index in [2.05, 4.69) is 38.1 Å². The maximum atomic E-state index is 11.5. The number of hydrogen-bond donors (Lipinski definition) is 0. The lowest BCUT2D eigenvalue weighted by Crippen LogP contribution is -2.09. The largest absolute Gasteiger partial charge is 0.298 e. The third-order valence-corrected chi connectivity index (χ3v) is 3.61. The molecule has 0 saturated heterocycles. The quantitative estimate of drug-likeness (QED) is 0.715. The Hall–Kier alpha value is -0.760. The summed E-state index contributed by atoms with van der Waals surface area (Å²) >= 11 is 1.63. The first-order chi connectivity index (χ1) is 7.50. The molecule has 16 heavy (non-hydrogen) atoms. The van der Waals surface area contributed by atoms with Crippen LogP contribution < -0.4 is 0 Å². The monoisotopic (exact) mass is 236 g/mol. The Bertz CT molecular complexity index is 338. The second-order valence-electron chi connectivity index (χ2n) is 4.63. The predicted octanol–water partition coefficient (Wildman–Crippen LogP) is 4.13. The van der Waals surface area contributed by atoms with E-state index in [4.69, 9.17) is 0 Å². The van der Waals surface area contributed by atoms with Crippen LogP contribution in [0.2, 0.25) is 0 Å². The van der Waals surface area contributed by atoms with E-state index in [1.165, 1.54) is 10.5 Å². The van der Waals surface area contributed by atoms with Crippen molar-refractivity contribution < 1.29 is 4.79 Å².